The Morgan fingerprint density at radius 1 is 1.11 bits per heavy atom. The number of fused-ring (bicyclic) bond motifs is 1. The normalized spacial score (nSPS) is 16.5. The maximum Gasteiger partial charge on any atom is 0.258 e. The van der Waals surface area contributed by atoms with Crippen molar-refractivity contribution in [1.29, 1.82) is 0 Å². The molecule has 3 aromatic rings. The second-order valence-electron chi connectivity index (χ2n) is 6.89. The molecular weight excluding hydrogens is 378 g/mol. The fourth-order valence-corrected chi connectivity index (χ4v) is 4.73. The van der Waals surface area contributed by atoms with Crippen LogP contribution in [0, 0.1) is 6.92 Å². The molecular formula is C19H21N5O3S. The molecule has 0 amide bonds. The molecule has 0 N–H and O–H groups in total. The summed E-state index contributed by atoms with van der Waals surface area (Å²) >= 11 is 0. The van der Waals surface area contributed by atoms with Gasteiger partial charge >= 0.3 is 0 Å². The van der Waals surface area contributed by atoms with Crippen LogP contribution in [0.4, 0.5) is 0 Å². The molecule has 0 unspecified atom stereocenters. The van der Waals surface area contributed by atoms with Crippen LogP contribution < -0.4 is 5.56 Å². The maximum atomic E-state index is 12.7. The average Bonchev–Trinajstić information content (AvgIpc) is 2.70. The quantitative estimate of drug-likeness (QED) is 0.648. The van der Waals surface area contributed by atoms with Gasteiger partial charge in [0.2, 0.25) is 10.0 Å². The van der Waals surface area contributed by atoms with Gasteiger partial charge in [0.15, 0.2) is 0 Å². The number of sulfonamides is 1. The van der Waals surface area contributed by atoms with Gasteiger partial charge in [0.25, 0.3) is 5.56 Å². The highest BCUT2D eigenvalue weighted by molar-refractivity contribution is 7.89. The van der Waals surface area contributed by atoms with E-state index in [0.717, 1.165) is 5.56 Å². The molecule has 1 aliphatic heterocycles. The van der Waals surface area contributed by atoms with Crippen LogP contribution in [0.1, 0.15) is 11.3 Å². The van der Waals surface area contributed by atoms with Crippen LogP contribution >= 0.6 is 0 Å². The van der Waals surface area contributed by atoms with Gasteiger partial charge in [0, 0.05) is 57.4 Å². The molecule has 0 atom stereocenters. The number of nitrogens with zero attached hydrogens (tertiary/aromatic N) is 5. The summed E-state index contributed by atoms with van der Waals surface area (Å²) in [7, 11) is -3.52. The molecule has 0 saturated carbocycles. The summed E-state index contributed by atoms with van der Waals surface area (Å²) in [4.78, 5) is 23.1. The van der Waals surface area contributed by atoms with Gasteiger partial charge in [-0.05, 0) is 30.7 Å². The molecule has 4 rings (SSSR count). The van der Waals surface area contributed by atoms with Crippen LogP contribution in [0.5, 0.6) is 0 Å². The minimum absolute atomic E-state index is 0.110. The van der Waals surface area contributed by atoms with Crippen molar-refractivity contribution in [3.05, 3.63) is 70.5 Å². The first-order valence-corrected chi connectivity index (χ1v) is 10.5. The topological polar surface area (TPSA) is 87.9 Å². The number of aryl methyl sites for hydroxylation is 1. The minimum Gasteiger partial charge on any atom is -0.295 e. The van der Waals surface area contributed by atoms with E-state index >= 15 is 0 Å². The number of pyridine rings is 2. The molecule has 8 nitrogen and oxygen atoms in total. The first kappa shape index (κ1) is 18.7. The molecule has 1 saturated heterocycles. The molecule has 28 heavy (non-hydrogen) atoms. The summed E-state index contributed by atoms with van der Waals surface area (Å²) in [5.41, 5.74) is 2.19. The predicted molar refractivity (Wildman–Crippen MR) is 104 cm³/mol. The van der Waals surface area contributed by atoms with Crippen LogP contribution in [0.25, 0.3) is 5.65 Å². The predicted octanol–water partition coefficient (Wildman–Crippen LogP) is 0.904. The Morgan fingerprint density at radius 2 is 1.89 bits per heavy atom. The lowest BCUT2D eigenvalue weighted by molar-refractivity contribution is 0.180. The maximum absolute atomic E-state index is 12.7. The lowest BCUT2D eigenvalue weighted by atomic mass is 10.3. The van der Waals surface area contributed by atoms with Gasteiger partial charge in [-0.2, -0.15) is 4.31 Å². The number of aromatic nitrogens is 3. The third-order valence-electron chi connectivity index (χ3n) is 4.85. The number of hydrogen-bond donors (Lipinski definition) is 0. The summed E-state index contributed by atoms with van der Waals surface area (Å²) in [6.45, 7) is 4.38. The van der Waals surface area contributed by atoms with E-state index in [9.17, 15) is 13.2 Å². The molecule has 0 aromatic carbocycles. The first-order valence-electron chi connectivity index (χ1n) is 9.05. The summed E-state index contributed by atoms with van der Waals surface area (Å²) < 4.78 is 28.4. The smallest absolute Gasteiger partial charge is 0.258 e. The van der Waals surface area contributed by atoms with Crippen molar-refractivity contribution in [1.82, 2.24) is 23.6 Å². The third kappa shape index (κ3) is 3.68. The standard InChI is InChI=1S/C19H21N5O3S/c1-15-4-5-18-21-16(11-19(25)24(18)13-15)14-22-7-9-23(10-8-22)28(26,27)17-3-2-6-20-12-17/h2-6,11-13H,7-10,14H2,1H3. The second-order valence-corrected chi connectivity index (χ2v) is 8.83. The Kier molecular flexibility index (Phi) is 4.96. The fraction of sp³-hybridized carbons (Fsp3) is 0.316. The van der Waals surface area contributed by atoms with E-state index in [0.29, 0.717) is 44.1 Å². The minimum atomic E-state index is -3.52. The van der Waals surface area contributed by atoms with Crippen molar-refractivity contribution in [3.8, 4) is 0 Å². The van der Waals surface area contributed by atoms with Crippen molar-refractivity contribution < 1.29 is 8.42 Å². The van der Waals surface area contributed by atoms with E-state index in [1.807, 2.05) is 19.1 Å². The van der Waals surface area contributed by atoms with Gasteiger partial charge in [-0.3, -0.25) is 19.1 Å². The van der Waals surface area contributed by atoms with Gasteiger partial charge in [-0.1, -0.05) is 6.07 Å². The Balaban J connectivity index is 1.46. The van der Waals surface area contributed by atoms with Gasteiger partial charge in [-0.15, -0.1) is 0 Å². The number of rotatable bonds is 4. The van der Waals surface area contributed by atoms with Gasteiger partial charge < -0.3 is 0 Å². The number of piperazine rings is 1. The van der Waals surface area contributed by atoms with E-state index in [1.165, 1.54) is 14.9 Å². The van der Waals surface area contributed by atoms with Crippen LogP contribution in [-0.2, 0) is 16.6 Å². The number of hydrogen-bond acceptors (Lipinski definition) is 6. The molecule has 0 radical (unpaired) electrons. The Morgan fingerprint density at radius 3 is 2.61 bits per heavy atom. The first-order chi connectivity index (χ1) is 13.4. The zero-order chi connectivity index (χ0) is 19.7. The van der Waals surface area contributed by atoms with Crippen LogP contribution in [-0.4, -0.2) is 58.2 Å². The molecule has 1 aliphatic rings. The van der Waals surface area contributed by atoms with Crippen molar-refractivity contribution in [2.75, 3.05) is 26.2 Å². The van der Waals surface area contributed by atoms with E-state index in [4.69, 9.17) is 0 Å². The van der Waals surface area contributed by atoms with E-state index in [-0.39, 0.29) is 10.5 Å². The fourth-order valence-electron chi connectivity index (χ4n) is 3.35. The molecule has 146 valence electrons. The zero-order valence-corrected chi connectivity index (χ0v) is 16.3. The molecule has 0 spiro atoms. The second kappa shape index (κ2) is 7.42. The molecule has 3 aromatic heterocycles. The van der Waals surface area contributed by atoms with Gasteiger partial charge in [0.1, 0.15) is 10.5 Å². The van der Waals surface area contributed by atoms with Crippen LogP contribution in [0.3, 0.4) is 0 Å². The van der Waals surface area contributed by atoms with Crippen molar-refractivity contribution >= 4 is 15.7 Å². The van der Waals surface area contributed by atoms with Crippen LogP contribution in [0.15, 0.2) is 58.6 Å². The SMILES string of the molecule is Cc1ccc2nc(CN3CCN(S(=O)(=O)c4cccnc4)CC3)cc(=O)n2c1. The van der Waals surface area contributed by atoms with E-state index in [1.54, 1.807) is 30.6 Å². The summed E-state index contributed by atoms with van der Waals surface area (Å²) in [6, 6.07) is 8.48. The summed E-state index contributed by atoms with van der Waals surface area (Å²) in [5, 5.41) is 0. The Bertz CT molecular complexity index is 1150. The van der Waals surface area contributed by atoms with E-state index < -0.39 is 10.0 Å². The highest BCUT2D eigenvalue weighted by Crippen LogP contribution is 2.17. The van der Waals surface area contributed by atoms with Gasteiger partial charge in [-0.25, -0.2) is 13.4 Å². The lowest BCUT2D eigenvalue weighted by Gasteiger charge is -2.33. The van der Waals surface area contributed by atoms with Crippen molar-refractivity contribution in [2.45, 2.75) is 18.4 Å². The molecule has 1 fully saturated rings. The summed E-state index contributed by atoms with van der Waals surface area (Å²) in [6.07, 6.45) is 4.70. The molecule has 0 aliphatic carbocycles. The Hall–Kier alpha value is -2.62. The lowest BCUT2D eigenvalue weighted by Crippen LogP contribution is -2.48. The highest BCUT2D eigenvalue weighted by Gasteiger charge is 2.28. The molecule has 9 heteroatoms. The Labute approximate surface area is 163 Å². The monoisotopic (exact) mass is 399 g/mol. The van der Waals surface area contributed by atoms with Crippen LogP contribution in [0.2, 0.25) is 0 Å². The third-order valence-corrected chi connectivity index (χ3v) is 6.73. The largest absolute Gasteiger partial charge is 0.295 e. The van der Waals surface area contributed by atoms with Gasteiger partial charge in [0.05, 0.1) is 5.69 Å². The summed E-state index contributed by atoms with van der Waals surface area (Å²) in [5.74, 6) is 0. The van der Waals surface area contributed by atoms with Crippen molar-refractivity contribution in [2.24, 2.45) is 0 Å². The molecule has 4 heterocycles. The van der Waals surface area contributed by atoms with Crippen molar-refractivity contribution in [3.63, 3.8) is 0 Å². The molecule has 0 bridgehead atoms. The highest BCUT2D eigenvalue weighted by atomic mass is 32.2. The van der Waals surface area contributed by atoms with E-state index in [2.05, 4.69) is 14.9 Å². The zero-order valence-electron chi connectivity index (χ0n) is 15.5. The average molecular weight is 399 g/mol.